The molecule has 0 unspecified atom stereocenters. The minimum atomic E-state index is -0.578. The fourth-order valence-electron chi connectivity index (χ4n) is 2.36. The average molecular weight is 370 g/mol. The fourth-order valence-corrected chi connectivity index (χ4v) is 2.36. The molecular formula is C18H19FN6O2. The quantitative estimate of drug-likeness (QED) is 0.618. The molecule has 140 valence electrons. The van der Waals surface area contributed by atoms with Crippen LogP contribution in [0.1, 0.15) is 16.1 Å². The van der Waals surface area contributed by atoms with E-state index in [1.54, 1.807) is 16.8 Å². The van der Waals surface area contributed by atoms with Gasteiger partial charge >= 0.3 is 0 Å². The van der Waals surface area contributed by atoms with E-state index in [0.29, 0.717) is 24.7 Å². The van der Waals surface area contributed by atoms with Gasteiger partial charge in [-0.1, -0.05) is 0 Å². The third-order valence-corrected chi connectivity index (χ3v) is 3.74. The number of benzene rings is 1. The lowest BCUT2D eigenvalue weighted by molar-refractivity contribution is 0.0954. The number of nitrogens with zero attached hydrogens (tertiary/aromatic N) is 4. The maximum absolute atomic E-state index is 13.6. The number of carbonyl (C=O) groups is 1. The van der Waals surface area contributed by atoms with Crippen molar-refractivity contribution in [2.24, 2.45) is 0 Å². The lowest BCUT2D eigenvalue weighted by atomic mass is 10.2. The molecular weight excluding hydrogens is 351 g/mol. The van der Waals surface area contributed by atoms with Crippen molar-refractivity contribution in [1.82, 2.24) is 25.3 Å². The zero-order chi connectivity index (χ0) is 19.2. The zero-order valence-electron chi connectivity index (χ0n) is 14.9. The van der Waals surface area contributed by atoms with Crippen molar-refractivity contribution in [2.75, 3.05) is 25.5 Å². The first-order chi connectivity index (χ1) is 13.1. The summed E-state index contributed by atoms with van der Waals surface area (Å²) in [4.78, 5) is 12.0. The van der Waals surface area contributed by atoms with Crippen LogP contribution in [-0.2, 0) is 0 Å². The van der Waals surface area contributed by atoms with Crippen LogP contribution < -0.4 is 15.4 Å². The third-order valence-electron chi connectivity index (χ3n) is 3.74. The smallest absolute Gasteiger partial charge is 0.251 e. The van der Waals surface area contributed by atoms with Crippen LogP contribution in [-0.4, -0.2) is 46.1 Å². The lowest BCUT2D eigenvalue weighted by Crippen LogP contribution is -2.29. The van der Waals surface area contributed by atoms with E-state index in [1.165, 1.54) is 19.2 Å². The van der Waals surface area contributed by atoms with Crippen molar-refractivity contribution in [2.45, 2.75) is 6.92 Å². The molecule has 1 amide bonds. The standard InChI is InChI=1S/C18H19FN6O2/c1-12-7-10-25(24-12)17-6-5-16(22-23-17)20-8-9-21-18(26)13-3-4-15(27-2)14(19)11-13/h3-7,10-11H,8-9H2,1-2H3,(H,20,22)(H,21,26). The van der Waals surface area contributed by atoms with Gasteiger partial charge in [-0.2, -0.15) is 5.10 Å². The number of hydrogen-bond donors (Lipinski definition) is 2. The largest absolute Gasteiger partial charge is 0.494 e. The van der Waals surface area contributed by atoms with E-state index in [4.69, 9.17) is 4.74 Å². The second kappa shape index (κ2) is 8.26. The molecule has 0 radical (unpaired) electrons. The molecule has 0 spiro atoms. The predicted octanol–water partition coefficient (Wildman–Crippen LogP) is 1.96. The molecule has 2 aromatic heterocycles. The van der Waals surface area contributed by atoms with E-state index in [1.807, 2.05) is 19.2 Å². The van der Waals surface area contributed by atoms with Gasteiger partial charge in [-0.05, 0) is 43.3 Å². The second-order valence-corrected chi connectivity index (χ2v) is 5.71. The molecule has 3 rings (SSSR count). The number of halogens is 1. The van der Waals surface area contributed by atoms with Crippen LogP contribution in [0.3, 0.4) is 0 Å². The van der Waals surface area contributed by atoms with Gasteiger partial charge in [-0.3, -0.25) is 4.79 Å². The van der Waals surface area contributed by atoms with Crippen LogP contribution in [0.4, 0.5) is 10.2 Å². The summed E-state index contributed by atoms with van der Waals surface area (Å²) < 4.78 is 20.1. The lowest BCUT2D eigenvalue weighted by Gasteiger charge is -2.08. The maximum Gasteiger partial charge on any atom is 0.251 e. The maximum atomic E-state index is 13.6. The molecule has 0 aliphatic heterocycles. The number of nitrogens with one attached hydrogen (secondary N) is 2. The Labute approximate surface area is 155 Å². The van der Waals surface area contributed by atoms with Crippen molar-refractivity contribution < 1.29 is 13.9 Å². The Morgan fingerprint density at radius 2 is 2.04 bits per heavy atom. The molecule has 0 saturated heterocycles. The number of ether oxygens (including phenoxy) is 1. The van der Waals surface area contributed by atoms with E-state index in [0.717, 1.165) is 11.8 Å². The molecule has 0 fully saturated rings. The van der Waals surface area contributed by atoms with Crippen LogP contribution in [0.5, 0.6) is 5.75 Å². The molecule has 27 heavy (non-hydrogen) atoms. The van der Waals surface area contributed by atoms with Crippen LogP contribution in [0, 0.1) is 12.7 Å². The Kier molecular flexibility index (Phi) is 5.60. The summed E-state index contributed by atoms with van der Waals surface area (Å²) >= 11 is 0. The Bertz CT molecular complexity index is 926. The van der Waals surface area contributed by atoms with Gasteiger partial charge < -0.3 is 15.4 Å². The van der Waals surface area contributed by atoms with E-state index in [9.17, 15) is 9.18 Å². The second-order valence-electron chi connectivity index (χ2n) is 5.71. The van der Waals surface area contributed by atoms with Gasteiger partial charge in [-0.15, -0.1) is 10.2 Å². The first kappa shape index (κ1) is 18.3. The molecule has 3 aromatic rings. The van der Waals surface area contributed by atoms with E-state index in [2.05, 4.69) is 25.9 Å². The molecule has 9 heteroatoms. The highest BCUT2D eigenvalue weighted by Gasteiger charge is 2.09. The van der Waals surface area contributed by atoms with Gasteiger partial charge in [0.1, 0.15) is 5.82 Å². The average Bonchev–Trinajstić information content (AvgIpc) is 3.12. The normalized spacial score (nSPS) is 10.5. The summed E-state index contributed by atoms with van der Waals surface area (Å²) in [6.07, 6.45) is 1.81. The number of anilines is 1. The minimum absolute atomic E-state index is 0.0977. The number of methoxy groups -OCH3 is 1. The molecule has 0 atom stereocenters. The highest BCUT2D eigenvalue weighted by molar-refractivity contribution is 5.94. The Morgan fingerprint density at radius 1 is 1.19 bits per heavy atom. The molecule has 2 N–H and O–H groups in total. The van der Waals surface area contributed by atoms with Crippen molar-refractivity contribution >= 4 is 11.7 Å². The number of carbonyl (C=O) groups excluding carboxylic acids is 1. The summed E-state index contributed by atoms with van der Waals surface area (Å²) in [5.74, 6) is 0.344. The number of aromatic nitrogens is 4. The number of aryl methyl sites for hydroxylation is 1. The highest BCUT2D eigenvalue weighted by atomic mass is 19.1. The first-order valence-corrected chi connectivity index (χ1v) is 8.29. The molecule has 0 bridgehead atoms. The molecule has 0 aliphatic rings. The Morgan fingerprint density at radius 3 is 2.67 bits per heavy atom. The topological polar surface area (TPSA) is 94.0 Å². The third kappa shape index (κ3) is 4.57. The molecule has 0 aliphatic carbocycles. The number of amides is 1. The highest BCUT2D eigenvalue weighted by Crippen LogP contribution is 2.17. The Hall–Kier alpha value is -3.49. The van der Waals surface area contributed by atoms with Gasteiger partial charge in [0.05, 0.1) is 12.8 Å². The van der Waals surface area contributed by atoms with Crippen molar-refractivity contribution in [3.8, 4) is 11.6 Å². The van der Waals surface area contributed by atoms with E-state index in [-0.39, 0.29) is 17.2 Å². The van der Waals surface area contributed by atoms with Crippen LogP contribution in [0.2, 0.25) is 0 Å². The monoisotopic (exact) mass is 370 g/mol. The molecule has 8 nitrogen and oxygen atoms in total. The SMILES string of the molecule is COc1ccc(C(=O)NCCNc2ccc(-n3ccc(C)n3)nn2)cc1F. The fraction of sp³-hybridized carbons (Fsp3) is 0.222. The molecule has 0 saturated carbocycles. The van der Waals surface area contributed by atoms with Crippen molar-refractivity contribution in [3.63, 3.8) is 0 Å². The summed E-state index contributed by atoms with van der Waals surface area (Å²) in [6.45, 7) is 2.68. The summed E-state index contributed by atoms with van der Waals surface area (Å²) in [5.41, 5.74) is 1.12. The van der Waals surface area contributed by atoms with Crippen LogP contribution in [0.25, 0.3) is 5.82 Å². The van der Waals surface area contributed by atoms with E-state index < -0.39 is 5.82 Å². The first-order valence-electron chi connectivity index (χ1n) is 8.29. The van der Waals surface area contributed by atoms with Gasteiger partial charge in [0, 0.05) is 24.8 Å². The van der Waals surface area contributed by atoms with Crippen LogP contribution in [0.15, 0.2) is 42.6 Å². The zero-order valence-corrected chi connectivity index (χ0v) is 14.9. The predicted molar refractivity (Wildman–Crippen MR) is 97.7 cm³/mol. The van der Waals surface area contributed by atoms with Gasteiger partial charge in [-0.25, -0.2) is 9.07 Å². The number of hydrogen-bond acceptors (Lipinski definition) is 6. The van der Waals surface area contributed by atoms with Crippen molar-refractivity contribution in [1.29, 1.82) is 0 Å². The minimum Gasteiger partial charge on any atom is -0.494 e. The molecule has 2 heterocycles. The Balaban J connectivity index is 1.47. The van der Waals surface area contributed by atoms with E-state index >= 15 is 0 Å². The van der Waals surface area contributed by atoms with Gasteiger partial charge in [0.25, 0.3) is 5.91 Å². The van der Waals surface area contributed by atoms with Gasteiger partial charge in [0.2, 0.25) is 0 Å². The summed E-state index contributed by atoms with van der Waals surface area (Å²) in [7, 11) is 1.37. The summed E-state index contributed by atoms with van der Waals surface area (Å²) in [6, 6.07) is 9.51. The summed E-state index contributed by atoms with van der Waals surface area (Å²) in [5, 5.41) is 18.2. The van der Waals surface area contributed by atoms with Gasteiger partial charge in [0.15, 0.2) is 17.4 Å². The number of rotatable bonds is 7. The van der Waals surface area contributed by atoms with Crippen LogP contribution >= 0.6 is 0 Å². The van der Waals surface area contributed by atoms with Crippen molar-refractivity contribution in [3.05, 3.63) is 59.7 Å². The molecule has 1 aromatic carbocycles.